The second-order valence-electron chi connectivity index (χ2n) is 3.28. The van der Waals surface area contributed by atoms with Crippen LogP contribution < -0.4 is 10.5 Å². The molecule has 2 rings (SSSR count). The molecule has 0 saturated heterocycles. The second-order valence-corrected chi connectivity index (χ2v) is 4.37. The topological polar surface area (TPSA) is 68.4 Å². The molecule has 4 nitrogen and oxygen atoms in total. The maximum absolute atomic E-state index is 10.0. The summed E-state index contributed by atoms with van der Waals surface area (Å²) in [5.41, 5.74) is 6.31. The van der Waals surface area contributed by atoms with Crippen LogP contribution >= 0.6 is 11.3 Å². The molecule has 1 aromatic heterocycles. The lowest BCUT2D eigenvalue weighted by atomic mass is 10.1. The van der Waals surface area contributed by atoms with Crippen molar-refractivity contribution >= 4 is 16.5 Å². The van der Waals surface area contributed by atoms with Crippen molar-refractivity contribution in [1.29, 1.82) is 0 Å². The van der Waals surface area contributed by atoms with E-state index in [2.05, 4.69) is 4.98 Å². The van der Waals surface area contributed by atoms with Crippen molar-refractivity contribution in [2.45, 2.75) is 6.10 Å². The van der Waals surface area contributed by atoms with Crippen LogP contribution in [-0.4, -0.2) is 17.2 Å². The third kappa shape index (κ3) is 2.15. The molecule has 2 aromatic rings. The van der Waals surface area contributed by atoms with Gasteiger partial charge in [0.2, 0.25) is 0 Å². The third-order valence-electron chi connectivity index (χ3n) is 2.24. The van der Waals surface area contributed by atoms with Gasteiger partial charge in [0.1, 0.15) is 11.9 Å². The molecule has 0 amide bonds. The molecule has 16 heavy (non-hydrogen) atoms. The van der Waals surface area contributed by atoms with Gasteiger partial charge in [-0.15, -0.1) is 0 Å². The van der Waals surface area contributed by atoms with Crippen molar-refractivity contribution in [1.82, 2.24) is 4.98 Å². The Kier molecular flexibility index (Phi) is 3.07. The van der Waals surface area contributed by atoms with Crippen molar-refractivity contribution < 1.29 is 9.84 Å². The molecule has 3 N–H and O–H groups in total. The van der Waals surface area contributed by atoms with Gasteiger partial charge in [0.15, 0.2) is 5.13 Å². The summed E-state index contributed by atoms with van der Waals surface area (Å²) >= 11 is 1.29. The Morgan fingerprint density at radius 2 is 2.06 bits per heavy atom. The van der Waals surface area contributed by atoms with Crippen LogP contribution in [0.25, 0.3) is 0 Å². The minimum atomic E-state index is -0.680. The minimum absolute atomic E-state index is 0.461. The van der Waals surface area contributed by atoms with Crippen LogP contribution in [0.3, 0.4) is 0 Å². The molecule has 1 aromatic carbocycles. The molecule has 0 radical (unpaired) electrons. The number of anilines is 1. The van der Waals surface area contributed by atoms with Crippen LogP contribution in [0.5, 0.6) is 5.75 Å². The van der Waals surface area contributed by atoms with Crippen LogP contribution in [0.2, 0.25) is 0 Å². The van der Waals surface area contributed by atoms with Gasteiger partial charge < -0.3 is 15.6 Å². The molecular weight excluding hydrogens is 224 g/mol. The number of benzene rings is 1. The Morgan fingerprint density at radius 3 is 2.56 bits per heavy atom. The molecular formula is C11H12N2O2S. The molecule has 1 atom stereocenters. The Morgan fingerprint density at radius 1 is 1.38 bits per heavy atom. The van der Waals surface area contributed by atoms with Crippen molar-refractivity contribution in [3.63, 3.8) is 0 Å². The maximum Gasteiger partial charge on any atom is 0.180 e. The SMILES string of the molecule is COc1ccc(C(O)c2cnc(N)s2)cc1. The molecule has 0 saturated carbocycles. The van der Waals surface area contributed by atoms with E-state index in [4.69, 9.17) is 10.5 Å². The van der Waals surface area contributed by atoms with E-state index in [1.807, 2.05) is 24.3 Å². The number of aliphatic hydroxyl groups is 1. The Labute approximate surface area is 97.3 Å². The van der Waals surface area contributed by atoms with Crippen molar-refractivity contribution in [3.8, 4) is 5.75 Å². The van der Waals surface area contributed by atoms with Crippen molar-refractivity contribution in [3.05, 3.63) is 40.9 Å². The lowest BCUT2D eigenvalue weighted by Crippen LogP contribution is -1.96. The third-order valence-corrected chi connectivity index (χ3v) is 3.12. The highest BCUT2D eigenvalue weighted by Gasteiger charge is 2.13. The monoisotopic (exact) mass is 236 g/mol. The number of nitrogen functional groups attached to an aromatic ring is 1. The van der Waals surface area contributed by atoms with Gasteiger partial charge in [-0.1, -0.05) is 23.5 Å². The lowest BCUT2D eigenvalue weighted by Gasteiger charge is -2.08. The van der Waals surface area contributed by atoms with E-state index in [0.717, 1.165) is 16.2 Å². The lowest BCUT2D eigenvalue weighted by molar-refractivity contribution is 0.224. The molecule has 0 aliphatic rings. The van der Waals surface area contributed by atoms with Crippen LogP contribution in [-0.2, 0) is 0 Å². The number of nitrogens with zero attached hydrogens (tertiary/aromatic N) is 1. The number of hydrogen-bond donors (Lipinski definition) is 2. The van der Waals surface area contributed by atoms with Crippen LogP contribution in [0.1, 0.15) is 16.5 Å². The quantitative estimate of drug-likeness (QED) is 0.853. The van der Waals surface area contributed by atoms with Gasteiger partial charge >= 0.3 is 0 Å². The van der Waals surface area contributed by atoms with Gasteiger partial charge in [-0.05, 0) is 17.7 Å². The Balaban J connectivity index is 2.23. The smallest absolute Gasteiger partial charge is 0.180 e. The fourth-order valence-corrected chi connectivity index (χ4v) is 2.08. The maximum atomic E-state index is 10.0. The summed E-state index contributed by atoms with van der Waals surface area (Å²) in [6.07, 6.45) is 0.912. The highest BCUT2D eigenvalue weighted by molar-refractivity contribution is 7.15. The zero-order chi connectivity index (χ0) is 11.5. The molecule has 1 unspecified atom stereocenters. The van der Waals surface area contributed by atoms with Gasteiger partial charge in [0.25, 0.3) is 0 Å². The predicted octanol–water partition coefficient (Wildman–Crippen LogP) is 1.82. The molecule has 5 heteroatoms. The summed E-state index contributed by atoms with van der Waals surface area (Å²) in [6.45, 7) is 0. The Hall–Kier alpha value is -1.59. The number of rotatable bonds is 3. The van der Waals surface area contributed by atoms with Crippen LogP contribution in [0.15, 0.2) is 30.5 Å². The number of methoxy groups -OCH3 is 1. The zero-order valence-electron chi connectivity index (χ0n) is 8.75. The van der Waals surface area contributed by atoms with E-state index in [1.165, 1.54) is 11.3 Å². The fraction of sp³-hybridized carbons (Fsp3) is 0.182. The average molecular weight is 236 g/mol. The number of aliphatic hydroxyl groups excluding tert-OH is 1. The zero-order valence-corrected chi connectivity index (χ0v) is 9.57. The van der Waals surface area contributed by atoms with Gasteiger partial charge in [-0.3, -0.25) is 0 Å². The summed E-state index contributed by atoms with van der Waals surface area (Å²) in [5, 5.41) is 10.5. The fourth-order valence-electron chi connectivity index (χ4n) is 1.38. The van der Waals surface area contributed by atoms with Crippen molar-refractivity contribution in [2.75, 3.05) is 12.8 Å². The highest BCUT2D eigenvalue weighted by Crippen LogP contribution is 2.28. The Bertz CT molecular complexity index is 467. The van der Waals surface area contributed by atoms with Crippen LogP contribution in [0.4, 0.5) is 5.13 Å². The predicted molar refractivity (Wildman–Crippen MR) is 63.6 cm³/mol. The standard InChI is InChI=1S/C11H12N2O2S/c1-15-8-4-2-7(3-5-8)10(14)9-6-13-11(12)16-9/h2-6,10,14H,1H3,(H2,12,13). The van der Waals surface area contributed by atoms with E-state index < -0.39 is 6.10 Å². The van der Waals surface area contributed by atoms with E-state index in [-0.39, 0.29) is 0 Å². The first-order chi connectivity index (χ1) is 7.70. The highest BCUT2D eigenvalue weighted by atomic mass is 32.1. The molecule has 0 bridgehead atoms. The number of aromatic nitrogens is 1. The van der Waals surface area contributed by atoms with E-state index in [9.17, 15) is 5.11 Å². The molecule has 84 valence electrons. The average Bonchev–Trinajstić information content (AvgIpc) is 2.75. The summed E-state index contributed by atoms with van der Waals surface area (Å²) in [5.74, 6) is 0.764. The van der Waals surface area contributed by atoms with Crippen molar-refractivity contribution in [2.24, 2.45) is 0 Å². The van der Waals surface area contributed by atoms with E-state index >= 15 is 0 Å². The minimum Gasteiger partial charge on any atom is -0.497 e. The summed E-state index contributed by atoms with van der Waals surface area (Å²) < 4.78 is 5.05. The summed E-state index contributed by atoms with van der Waals surface area (Å²) in [6, 6.07) is 7.25. The largest absolute Gasteiger partial charge is 0.497 e. The normalized spacial score (nSPS) is 12.4. The number of hydrogen-bond acceptors (Lipinski definition) is 5. The first kappa shape index (κ1) is 10.9. The van der Waals surface area contributed by atoms with Gasteiger partial charge in [0.05, 0.1) is 12.0 Å². The van der Waals surface area contributed by atoms with E-state index in [0.29, 0.717) is 5.13 Å². The number of ether oxygens (including phenoxy) is 1. The van der Waals surface area contributed by atoms with Crippen LogP contribution in [0, 0.1) is 0 Å². The summed E-state index contributed by atoms with van der Waals surface area (Å²) in [7, 11) is 1.61. The number of thiazole rings is 1. The first-order valence-electron chi connectivity index (χ1n) is 4.74. The van der Waals surface area contributed by atoms with Gasteiger partial charge in [0, 0.05) is 6.20 Å². The molecule has 0 aliphatic carbocycles. The molecule has 0 aliphatic heterocycles. The number of nitrogens with two attached hydrogens (primary N) is 1. The summed E-state index contributed by atoms with van der Waals surface area (Å²) in [4.78, 5) is 4.65. The van der Waals surface area contributed by atoms with E-state index in [1.54, 1.807) is 13.3 Å². The molecule has 0 fully saturated rings. The first-order valence-corrected chi connectivity index (χ1v) is 5.55. The van der Waals surface area contributed by atoms with Gasteiger partial charge in [-0.2, -0.15) is 0 Å². The second kappa shape index (κ2) is 4.51. The molecule has 1 heterocycles. The molecule has 0 spiro atoms. The van der Waals surface area contributed by atoms with Gasteiger partial charge in [-0.25, -0.2) is 4.98 Å².